The minimum absolute atomic E-state index is 0.156. The summed E-state index contributed by atoms with van der Waals surface area (Å²) in [6.07, 6.45) is 4.86. The highest BCUT2D eigenvalue weighted by Crippen LogP contribution is 2.33. The van der Waals surface area contributed by atoms with Gasteiger partial charge in [-0.1, -0.05) is 11.6 Å². The van der Waals surface area contributed by atoms with Crippen LogP contribution in [0, 0.1) is 6.92 Å². The third-order valence-electron chi connectivity index (χ3n) is 5.78. The topological polar surface area (TPSA) is 94.1 Å². The molecule has 1 amide bonds. The number of nitrogens with zero attached hydrogens (tertiary/aromatic N) is 6. The van der Waals surface area contributed by atoms with Gasteiger partial charge in [0.05, 0.1) is 11.9 Å². The van der Waals surface area contributed by atoms with Gasteiger partial charge in [0.15, 0.2) is 10.6 Å². The van der Waals surface area contributed by atoms with Crippen molar-refractivity contribution in [3.8, 4) is 11.4 Å². The van der Waals surface area contributed by atoms with Crippen molar-refractivity contribution in [3.63, 3.8) is 0 Å². The normalized spacial score (nSPS) is 15.4. The van der Waals surface area contributed by atoms with Crippen LogP contribution in [0.25, 0.3) is 22.0 Å². The maximum Gasteiger partial charge on any atom is 0.410 e. The standard InChI is InChI=1S/C23H25ClN6O3S/c1-13-9-16(27-30-12-18(24)26-20(13)30)15-10-19(31)29-11-17(34-21(29)25-15)14-5-7-28(8-6-14)22(32)33-23(2,3)4/h9-12,14H,5-8H2,1-4H3. The van der Waals surface area contributed by atoms with Crippen LogP contribution in [0.3, 0.4) is 0 Å². The molecule has 0 atom stereocenters. The van der Waals surface area contributed by atoms with Crippen LogP contribution in [0.2, 0.25) is 5.15 Å². The quantitative estimate of drug-likeness (QED) is 0.401. The predicted molar refractivity (Wildman–Crippen MR) is 131 cm³/mol. The van der Waals surface area contributed by atoms with Gasteiger partial charge in [-0.3, -0.25) is 9.20 Å². The summed E-state index contributed by atoms with van der Waals surface area (Å²) in [5, 5.41) is 4.89. The first-order chi connectivity index (χ1) is 16.1. The molecule has 1 saturated heterocycles. The molecule has 0 radical (unpaired) electrons. The van der Waals surface area contributed by atoms with E-state index in [0.717, 1.165) is 23.3 Å². The van der Waals surface area contributed by atoms with Crippen LogP contribution in [-0.4, -0.2) is 53.7 Å². The maximum absolute atomic E-state index is 12.9. The van der Waals surface area contributed by atoms with Gasteiger partial charge in [0, 0.05) is 30.2 Å². The number of piperidine rings is 1. The summed E-state index contributed by atoms with van der Waals surface area (Å²) in [6, 6.07) is 3.36. The van der Waals surface area contributed by atoms with Crippen molar-refractivity contribution in [2.75, 3.05) is 13.1 Å². The third-order valence-corrected chi connectivity index (χ3v) is 7.10. The van der Waals surface area contributed by atoms with Crippen LogP contribution < -0.4 is 5.56 Å². The largest absolute Gasteiger partial charge is 0.444 e. The molecule has 11 heteroatoms. The number of ether oxygens (including phenoxy) is 1. The Morgan fingerprint density at radius 2 is 1.88 bits per heavy atom. The molecule has 0 N–H and O–H groups in total. The number of fused-ring (bicyclic) bond motifs is 2. The Morgan fingerprint density at radius 1 is 1.15 bits per heavy atom. The number of hydrogen-bond acceptors (Lipinski definition) is 7. The number of rotatable bonds is 2. The lowest BCUT2D eigenvalue weighted by Gasteiger charge is -2.33. The molecule has 0 bridgehead atoms. The fourth-order valence-corrected chi connectivity index (χ4v) is 5.47. The van der Waals surface area contributed by atoms with Gasteiger partial charge in [0.25, 0.3) is 5.56 Å². The second kappa shape index (κ2) is 8.35. The number of halogens is 1. The number of hydrogen-bond donors (Lipinski definition) is 0. The van der Waals surface area contributed by atoms with Gasteiger partial charge in [-0.15, -0.1) is 11.3 Å². The Hall–Kier alpha value is -2.98. The Morgan fingerprint density at radius 3 is 2.59 bits per heavy atom. The number of thiazole rings is 1. The van der Waals surface area contributed by atoms with Crippen LogP contribution in [0.15, 0.2) is 29.3 Å². The highest BCUT2D eigenvalue weighted by atomic mass is 35.5. The van der Waals surface area contributed by atoms with Crippen LogP contribution in [0.4, 0.5) is 4.79 Å². The van der Waals surface area contributed by atoms with E-state index in [9.17, 15) is 9.59 Å². The molecule has 0 spiro atoms. The molecule has 178 valence electrons. The van der Waals surface area contributed by atoms with Gasteiger partial charge in [0.1, 0.15) is 16.4 Å². The van der Waals surface area contributed by atoms with Crippen LogP contribution in [0.5, 0.6) is 0 Å². The van der Waals surface area contributed by atoms with Gasteiger partial charge in [-0.25, -0.2) is 19.3 Å². The second-order valence-corrected chi connectivity index (χ2v) is 11.0. The Labute approximate surface area is 205 Å². The summed E-state index contributed by atoms with van der Waals surface area (Å²) < 4.78 is 8.68. The van der Waals surface area contributed by atoms with Gasteiger partial charge in [-0.2, -0.15) is 5.10 Å². The van der Waals surface area contributed by atoms with E-state index >= 15 is 0 Å². The molecule has 0 saturated carbocycles. The number of aryl methyl sites for hydroxylation is 1. The fraction of sp³-hybridized carbons (Fsp3) is 0.435. The van der Waals surface area contributed by atoms with E-state index in [1.165, 1.54) is 17.4 Å². The van der Waals surface area contributed by atoms with Gasteiger partial charge < -0.3 is 9.64 Å². The van der Waals surface area contributed by atoms with E-state index in [2.05, 4.69) is 10.1 Å². The van der Waals surface area contributed by atoms with Gasteiger partial charge in [0.2, 0.25) is 0 Å². The van der Waals surface area contributed by atoms with Crippen molar-refractivity contribution in [2.24, 2.45) is 0 Å². The molecule has 4 aromatic heterocycles. The van der Waals surface area contributed by atoms with Crippen molar-refractivity contribution >= 4 is 39.6 Å². The molecule has 34 heavy (non-hydrogen) atoms. The number of aromatic nitrogens is 5. The molecule has 1 aliphatic rings. The monoisotopic (exact) mass is 500 g/mol. The van der Waals surface area contributed by atoms with E-state index < -0.39 is 5.60 Å². The third kappa shape index (κ3) is 4.39. The van der Waals surface area contributed by atoms with Crippen molar-refractivity contribution < 1.29 is 9.53 Å². The van der Waals surface area contributed by atoms with E-state index in [1.54, 1.807) is 20.0 Å². The Bertz CT molecular complexity index is 1460. The summed E-state index contributed by atoms with van der Waals surface area (Å²) in [5.74, 6) is 0.262. The Balaban J connectivity index is 1.39. The lowest BCUT2D eigenvalue weighted by Crippen LogP contribution is -2.41. The first kappa shape index (κ1) is 22.8. The van der Waals surface area contributed by atoms with E-state index in [1.807, 2.05) is 40.0 Å². The van der Waals surface area contributed by atoms with Crippen molar-refractivity contribution in [1.82, 2.24) is 28.9 Å². The molecule has 5 heterocycles. The van der Waals surface area contributed by atoms with Crippen LogP contribution in [0.1, 0.15) is 50.0 Å². The minimum atomic E-state index is -0.508. The fourth-order valence-electron chi connectivity index (χ4n) is 4.14. The molecule has 0 aromatic carbocycles. The smallest absolute Gasteiger partial charge is 0.410 e. The first-order valence-electron chi connectivity index (χ1n) is 11.1. The first-order valence-corrected chi connectivity index (χ1v) is 12.3. The number of carbonyl (C=O) groups is 1. The highest BCUT2D eigenvalue weighted by molar-refractivity contribution is 7.17. The molecular formula is C23H25ClN6O3S. The Kier molecular flexibility index (Phi) is 5.60. The average Bonchev–Trinajstić information content (AvgIpc) is 3.36. The zero-order chi connectivity index (χ0) is 24.2. The molecular weight excluding hydrogens is 476 g/mol. The zero-order valence-corrected chi connectivity index (χ0v) is 21.0. The van der Waals surface area contributed by atoms with E-state index in [-0.39, 0.29) is 17.6 Å². The molecule has 5 rings (SSSR count). The van der Waals surface area contributed by atoms with Crippen molar-refractivity contribution in [2.45, 2.75) is 52.1 Å². The summed E-state index contributed by atoms with van der Waals surface area (Å²) >= 11 is 7.53. The summed E-state index contributed by atoms with van der Waals surface area (Å²) in [6.45, 7) is 8.77. The molecule has 4 aromatic rings. The number of amides is 1. The molecule has 9 nitrogen and oxygen atoms in total. The molecule has 1 fully saturated rings. The van der Waals surface area contributed by atoms with Gasteiger partial charge in [-0.05, 0) is 58.1 Å². The van der Waals surface area contributed by atoms with Crippen LogP contribution in [-0.2, 0) is 4.74 Å². The molecule has 0 aliphatic carbocycles. The second-order valence-electron chi connectivity index (χ2n) is 9.55. The number of likely N-dealkylation sites (tertiary alicyclic amines) is 1. The van der Waals surface area contributed by atoms with E-state index in [0.29, 0.717) is 40.2 Å². The van der Waals surface area contributed by atoms with Crippen LogP contribution >= 0.6 is 22.9 Å². The molecule has 0 unspecified atom stereocenters. The highest BCUT2D eigenvalue weighted by Gasteiger charge is 2.28. The summed E-state index contributed by atoms with van der Waals surface area (Å²) in [4.78, 5) is 37.7. The average molecular weight is 501 g/mol. The maximum atomic E-state index is 12.9. The lowest BCUT2D eigenvalue weighted by molar-refractivity contribution is 0.0205. The van der Waals surface area contributed by atoms with E-state index in [4.69, 9.17) is 21.3 Å². The zero-order valence-electron chi connectivity index (χ0n) is 19.4. The summed E-state index contributed by atoms with van der Waals surface area (Å²) in [7, 11) is 0. The molecule has 1 aliphatic heterocycles. The predicted octanol–water partition coefficient (Wildman–Crippen LogP) is 4.54. The summed E-state index contributed by atoms with van der Waals surface area (Å²) in [5.41, 5.74) is 1.99. The van der Waals surface area contributed by atoms with Crippen molar-refractivity contribution in [1.29, 1.82) is 0 Å². The lowest BCUT2D eigenvalue weighted by atomic mass is 9.96. The SMILES string of the molecule is Cc1cc(-c2cc(=O)n3cc(C4CCN(C(=O)OC(C)(C)C)CC4)sc3n2)nn2cc(Cl)nc12. The van der Waals surface area contributed by atoms with Crippen molar-refractivity contribution in [3.05, 3.63) is 50.5 Å². The minimum Gasteiger partial charge on any atom is -0.444 e. The number of carbonyl (C=O) groups excluding carboxylic acids is 1. The number of imidazole rings is 1. The van der Waals surface area contributed by atoms with Gasteiger partial charge >= 0.3 is 6.09 Å².